The standard InChI is InChI=1S/C18H22ClNO4S/c1-14-11-17(7-8-18(14)24-10-9-23-3)25(21,22)20(2)13-15-5-4-6-16(19)12-15/h4-8,11-12H,9-10,13H2,1-3H3. The molecule has 2 aromatic carbocycles. The first-order valence-corrected chi connectivity index (χ1v) is 9.59. The van der Waals surface area contributed by atoms with E-state index in [-0.39, 0.29) is 11.4 Å². The third-order valence-electron chi connectivity index (χ3n) is 3.69. The third-order valence-corrected chi connectivity index (χ3v) is 5.73. The summed E-state index contributed by atoms with van der Waals surface area (Å²) in [6.45, 7) is 2.95. The van der Waals surface area contributed by atoms with Gasteiger partial charge in [-0.25, -0.2) is 8.42 Å². The summed E-state index contributed by atoms with van der Waals surface area (Å²) < 4.78 is 37.4. The summed E-state index contributed by atoms with van der Waals surface area (Å²) in [6, 6.07) is 12.0. The van der Waals surface area contributed by atoms with E-state index < -0.39 is 10.0 Å². The van der Waals surface area contributed by atoms with Gasteiger partial charge in [0, 0.05) is 25.7 Å². The van der Waals surface area contributed by atoms with Crippen molar-refractivity contribution in [3.05, 3.63) is 58.6 Å². The molecule has 7 heteroatoms. The van der Waals surface area contributed by atoms with Gasteiger partial charge in [0.25, 0.3) is 0 Å². The van der Waals surface area contributed by atoms with Gasteiger partial charge >= 0.3 is 0 Å². The minimum Gasteiger partial charge on any atom is -0.491 e. The topological polar surface area (TPSA) is 55.8 Å². The molecule has 2 aromatic rings. The Hall–Kier alpha value is -1.60. The fraction of sp³-hybridized carbons (Fsp3) is 0.333. The smallest absolute Gasteiger partial charge is 0.243 e. The molecule has 0 aromatic heterocycles. The van der Waals surface area contributed by atoms with Gasteiger partial charge in [0.1, 0.15) is 12.4 Å². The Kier molecular flexibility index (Phi) is 6.84. The van der Waals surface area contributed by atoms with Crippen molar-refractivity contribution in [2.24, 2.45) is 0 Å². The number of nitrogens with zero attached hydrogens (tertiary/aromatic N) is 1. The minimum atomic E-state index is -3.60. The van der Waals surface area contributed by atoms with Crippen molar-refractivity contribution in [1.29, 1.82) is 0 Å². The van der Waals surface area contributed by atoms with Crippen LogP contribution in [0.15, 0.2) is 47.4 Å². The third kappa shape index (κ3) is 5.19. The van der Waals surface area contributed by atoms with E-state index in [4.69, 9.17) is 21.1 Å². The van der Waals surface area contributed by atoms with Gasteiger partial charge in [-0.2, -0.15) is 4.31 Å². The van der Waals surface area contributed by atoms with Crippen LogP contribution >= 0.6 is 11.6 Å². The van der Waals surface area contributed by atoms with Gasteiger partial charge in [-0.05, 0) is 48.4 Å². The molecule has 0 aliphatic heterocycles. The number of halogens is 1. The molecule has 0 N–H and O–H groups in total. The lowest BCUT2D eigenvalue weighted by Gasteiger charge is -2.18. The fourth-order valence-corrected chi connectivity index (χ4v) is 3.79. The Bertz CT molecular complexity index is 824. The molecule has 25 heavy (non-hydrogen) atoms. The lowest BCUT2D eigenvalue weighted by molar-refractivity contribution is 0.146. The predicted molar refractivity (Wildman–Crippen MR) is 98.7 cm³/mol. The molecule has 0 saturated heterocycles. The van der Waals surface area contributed by atoms with E-state index in [1.165, 1.54) is 4.31 Å². The van der Waals surface area contributed by atoms with Crippen LogP contribution in [-0.2, 0) is 21.3 Å². The van der Waals surface area contributed by atoms with Crippen LogP contribution in [0.4, 0.5) is 0 Å². The Morgan fingerprint density at radius 1 is 1.12 bits per heavy atom. The van der Waals surface area contributed by atoms with Crippen molar-refractivity contribution in [2.45, 2.75) is 18.4 Å². The van der Waals surface area contributed by atoms with Gasteiger partial charge < -0.3 is 9.47 Å². The van der Waals surface area contributed by atoms with Crippen LogP contribution in [0.5, 0.6) is 5.75 Å². The molecule has 5 nitrogen and oxygen atoms in total. The first-order valence-electron chi connectivity index (χ1n) is 7.78. The molecule has 0 radical (unpaired) electrons. The maximum absolute atomic E-state index is 12.8. The summed E-state index contributed by atoms with van der Waals surface area (Å²) in [5.41, 5.74) is 1.59. The molecule has 0 bridgehead atoms. The zero-order valence-electron chi connectivity index (χ0n) is 14.5. The number of benzene rings is 2. The molecule has 2 rings (SSSR count). The molecular formula is C18H22ClNO4S. The molecule has 136 valence electrons. The highest BCUT2D eigenvalue weighted by molar-refractivity contribution is 7.89. The van der Waals surface area contributed by atoms with Gasteiger partial charge in [-0.3, -0.25) is 0 Å². The van der Waals surface area contributed by atoms with E-state index in [0.29, 0.717) is 24.0 Å². The van der Waals surface area contributed by atoms with Crippen LogP contribution in [0.25, 0.3) is 0 Å². The highest BCUT2D eigenvalue weighted by Crippen LogP contribution is 2.24. The van der Waals surface area contributed by atoms with Crippen molar-refractivity contribution in [3.63, 3.8) is 0 Å². The Balaban J connectivity index is 2.16. The van der Waals surface area contributed by atoms with Crippen molar-refractivity contribution in [1.82, 2.24) is 4.31 Å². The molecule has 0 saturated carbocycles. The summed E-state index contributed by atoms with van der Waals surface area (Å²) >= 11 is 5.96. The van der Waals surface area contributed by atoms with Gasteiger partial charge in [0.2, 0.25) is 10.0 Å². The molecule has 0 unspecified atom stereocenters. The lowest BCUT2D eigenvalue weighted by Crippen LogP contribution is -2.26. The number of ether oxygens (including phenoxy) is 2. The zero-order valence-corrected chi connectivity index (χ0v) is 16.1. The SMILES string of the molecule is COCCOc1ccc(S(=O)(=O)N(C)Cc2cccc(Cl)c2)cc1C. The normalized spacial score (nSPS) is 11.7. The van der Waals surface area contributed by atoms with E-state index in [1.807, 2.05) is 13.0 Å². The second-order valence-corrected chi connectivity index (χ2v) is 8.14. The summed E-state index contributed by atoms with van der Waals surface area (Å²) in [6.07, 6.45) is 0. The molecule has 0 spiro atoms. The van der Waals surface area contributed by atoms with E-state index in [1.54, 1.807) is 50.6 Å². The number of hydrogen-bond donors (Lipinski definition) is 0. The van der Waals surface area contributed by atoms with Crippen molar-refractivity contribution >= 4 is 21.6 Å². The minimum absolute atomic E-state index is 0.230. The van der Waals surface area contributed by atoms with Crippen LogP contribution in [0.2, 0.25) is 5.02 Å². The number of aryl methyl sites for hydroxylation is 1. The Morgan fingerprint density at radius 2 is 1.88 bits per heavy atom. The van der Waals surface area contributed by atoms with Gasteiger partial charge in [0.15, 0.2) is 0 Å². The predicted octanol–water partition coefficient (Wildman–Crippen LogP) is 3.49. The number of methoxy groups -OCH3 is 1. The summed E-state index contributed by atoms with van der Waals surface area (Å²) in [7, 11) is -0.455. The largest absolute Gasteiger partial charge is 0.491 e. The number of hydrogen-bond acceptors (Lipinski definition) is 4. The summed E-state index contributed by atoms with van der Waals surface area (Å²) in [5, 5.41) is 0.580. The van der Waals surface area contributed by atoms with Crippen LogP contribution in [0.1, 0.15) is 11.1 Å². The van der Waals surface area contributed by atoms with E-state index in [9.17, 15) is 8.42 Å². The average Bonchev–Trinajstić information content (AvgIpc) is 2.56. The molecule has 0 aliphatic rings. The molecule has 0 atom stereocenters. The summed E-state index contributed by atoms with van der Waals surface area (Å²) in [4.78, 5) is 0.230. The molecular weight excluding hydrogens is 362 g/mol. The van der Waals surface area contributed by atoms with Crippen LogP contribution in [0.3, 0.4) is 0 Å². The fourth-order valence-electron chi connectivity index (χ4n) is 2.34. The number of rotatable bonds is 8. The highest BCUT2D eigenvalue weighted by Gasteiger charge is 2.22. The lowest BCUT2D eigenvalue weighted by atomic mass is 10.2. The van der Waals surface area contributed by atoms with E-state index in [2.05, 4.69) is 0 Å². The highest BCUT2D eigenvalue weighted by atomic mass is 35.5. The van der Waals surface area contributed by atoms with Crippen molar-refractivity contribution in [3.8, 4) is 5.75 Å². The Morgan fingerprint density at radius 3 is 2.52 bits per heavy atom. The van der Waals surface area contributed by atoms with Gasteiger partial charge in [-0.15, -0.1) is 0 Å². The van der Waals surface area contributed by atoms with Gasteiger partial charge in [0.05, 0.1) is 11.5 Å². The van der Waals surface area contributed by atoms with Crippen LogP contribution in [0, 0.1) is 6.92 Å². The van der Waals surface area contributed by atoms with Crippen LogP contribution in [-0.4, -0.2) is 40.1 Å². The van der Waals surface area contributed by atoms with E-state index in [0.717, 1.165) is 11.1 Å². The molecule has 0 heterocycles. The number of sulfonamides is 1. The molecule has 0 fully saturated rings. The second kappa shape index (κ2) is 8.67. The molecule has 0 aliphatic carbocycles. The first-order chi connectivity index (χ1) is 11.8. The first kappa shape index (κ1) is 19.7. The maximum Gasteiger partial charge on any atom is 0.243 e. The second-order valence-electron chi connectivity index (χ2n) is 5.66. The molecule has 0 amide bonds. The summed E-state index contributed by atoms with van der Waals surface area (Å²) in [5.74, 6) is 0.647. The Labute approximate surface area is 154 Å². The average molecular weight is 384 g/mol. The van der Waals surface area contributed by atoms with E-state index >= 15 is 0 Å². The van der Waals surface area contributed by atoms with Gasteiger partial charge in [-0.1, -0.05) is 23.7 Å². The van der Waals surface area contributed by atoms with Crippen LogP contribution < -0.4 is 4.74 Å². The monoisotopic (exact) mass is 383 g/mol. The van der Waals surface area contributed by atoms with Crippen molar-refractivity contribution in [2.75, 3.05) is 27.4 Å². The van der Waals surface area contributed by atoms with Crippen molar-refractivity contribution < 1.29 is 17.9 Å². The quantitative estimate of drug-likeness (QED) is 0.655. The maximum atomic E-state index is 12.8. The zero-order chi connectivity index (χ0) is 18.4.